The fourth-order valence-electron chi connectivity index (χ4n) is 2.48. The summed E-state index contributed by atoms with van der Waals surface area (Å²) in [5, 5.41) is 5.39. The fourth-order valence-corrected chi connectivity index (χ4v) is 2.48. The Kier molecular flexibility index (Phi) is 5.90. The van der Waals surface area contributed by atoms with Gasteiger partial charge in [0.25, 0.3) is 5.91 Å². The van der Waals surface area contributed by atoms with Crippen molar-refractivity contribution in [3.63, 3.8) is 0 Å². The Labute approximate surface area is 135 Å². The van der Waals surface area contributed by atoms with E-state index >= 15 is 0 Å². The molecule has 1 saturated heterocycles. The molecule has 1 aliphatic heterocycles. The van der Waals surface area contributed by atoms with Crippen molar-refractivity contribution in [3.8, 4) is 0 Å². The number of alkyl halides is 1. The van der Waals surface area contributed by atoms with E-state index in [1.54, 1.807) is 29.4 Å². The summed E-state index contributed by atoms with van der Waals surface area (Å²) >= 11 is 0. The molecule has 0 radical (unpaired) electrons. The van der Waals surface area contributed by atoms with Gasteiger partial charge in [-0.05, 0) is 24.1 Å². The Morgan fingerprint density at radius 1 is 1.26 bits per heavy atom. The molecule has 6 nitrogen and oxygen atoms in total. The number of hydrogen-bond donors (Lipinski definition) is 2. The minimum Gasteiger partial charge on any atom is -0.349 e. The SMILES string of the molecule is CCCNC(=O)N1CCC(F)(C(=O)NCc2ccncc2)CC1. The Morgan fingerprint density at radius 3 is 2.52 bits per heavy atom. The van der Waals surface area contributed by atoms with E-state index in [0.717, 1.165) is 12.0 Å². The zero-order chi connectivity index (χ0) is 16.7. The van der Waals surface area contributed by atoms with E-state index in [9.17, 15) is 14.0 Å². The van der Waals surface area contributed by atoms with Gasteiger partial charge >= 0.3 is 6.03 Å². The number of halogens is 1. The molecule has 126 valence electrons. The number of carbonyl (C=O) groups excluding carboxylic acids is 2. The first-order valence-electron chi connectivity index (χ1n) is 7.94. The van der Waals surface area contributed by atoms with Crippen LogP contribution in [0.1, 0.15) is 31.7 Å². The van der Waals surface area contributed by atoms with Gasteiger partial charge in [0.1, 0.15) is 0 Å². The average molecular weight is 322 g/mol. The first-order valence-corrected chi connectivity index (χ1v) is 7.94. The predicted octanol–water partition coefficient (Wildman–Crippen LogP) is 1.62. The van der Waals surface area contributed by atoms with E-state index < -0.39 is 11.6 Å². The molecule has 0 aliphatic carbocycles. The third kappa shape index (κ3) is 4.64. The van der Waals surface area contributed by atoms with E-state index in [0.29, 0.717) is 6.54 Å². The number of likely N-dealkylation sites (tertiary alicyclic amines) is 1. The Hall–Kier alpha value is -2.18. The van der Waals surface area contributed by atoms with Crippen molar-refractivity contribution in [2.24, 2.45) is 0 Å². The molecular formula is C16H23FN4O2. The third-order valence-corrected chi connectivity index (χ3v) is 3.98. The van der Waals surface area contributed by atoms with Gasteiger partial charge in [-0.2, -0.15) is 0 Å². The Morgan fingerprint density at radius 2 is 1.91 bits per heavy atom. The van der Waals surface area contributed by atoms with Crippen LogP contribution in [0.4, 0.5) is 9.18 Å². The summed E-state index contributed by atoms with van der Waals surface area (Å²) < 4.78 is 14.8. The number of carbonyl (C=O) groups is 2. The molecule has 1 fully saturated rings. The Bertz CT molecular complexity index is 530. The number of nitrogens with zero attached hydrogens (tertiary/aromatic N) is 2. The molecule has 0 bridgehead atoms. The van der Waals surface area contributed by atoms with Gasteiger partial charge in [-0.15, -0.1) is 0 Å². The smallest absolute Gasteiger partial charge is 0.317 e. The maximum Gasteiger partial charge on any atom is 0.317 e. The van der Waals surface area contributed by atoms with Crippen LogP contribution < -0.4 is 10.6 Å². The van der Waals surface area contributed by atoms with Crippen LogP contribution >= 0.6 is 0 Å². The molecule has 7 heteroatoms. The molecule has 2 N–H and O–H groups in total. The van der Waals surface area contributed by atoms with E-state index in [4.69, 9.17) is 0 Å². The molecule has 0 spiro atoms. The normalized spacial score (nSPS) is 16.7. The quantitative estimate of drug-likeness (QED) is 0.865. The van der Waals surface area contributed by atoms with Crippen molar-refractivity contribution >= 4 is 11.9 Å². The van der Waals surface area contributed by atoms with E-state index in [1.165, 1.54) is 0 Å². The number of rotatable bonds is 5. The van der Waals surface area contributed by atoms with Crippen molar-refractivity contribution in [3.05, 3.63) is 30.1 Å². The summed E-state index contributed by atoms with van der Waals surface area (Å²) in [5.41, 5.74) is -1.04. The standard InChI is InChI=1S/C16H23FN4O2/c1-2-7-19-15(23)21-10-5-16(17,6-11-21)14(22)20-12-13-3-8-18-9-4-13/h3-4,8-9H,2,5-7,10-12H2,1H3,(H,19,23)(H,20,22). The largest absolute Gasteiger partial charge is 0.349 e. The first-order chi connectivity index (χ1) is 11.0. The number of pyridine rings is 1. The van der Waals surface area contributed by atoms with Gasteiger partial charge in [0.2, 0.25) is 0 Å². The minimum atomic E-state index is -1.91. The summed E-state index contributed by atoms with van der Waals surface area (Å²) in [6.07, 6.45) is 4.15. The molecule has 2 rings (SSSR count). The minimum absolute atomic E-state index is 0.0225. The summed E-state index contributed by atoms with van der Waals surface area (Å²) in [4.78, 5) is 29.4. The molecule has 1 aromatic rings. The van der Waals surface area contributed by atoms with Crippen LogP contribution in [0, 0.1) is 0 Å². The van der Waals surface area contributed by atoms with E-state index in [-0.39, 0.29) is 38.5 Å². The molecule has 0 aromatic carbocycles. The molecule has 1 aliphatic rings. The summed E-state index contributed by atoms with van der Waals surface area (Å²) in [7, 11) is 0. The number of amides is 3. The lowest BCUT2D eigenvalue weighted by Gasteiger charge is -2.35. The van der Waals surface area contributed by atoms with Crippen molar-refractivity contribution in [2.75, 3.05) is 19.6 Å². The van der Waals surface area contributed by atoms with Crippen molar-refractivity contribution in [2.45, 2.75) is 38.4 Å². The van der Waals surface area contributed by atoms with Crippen molar-refractivity contribution in [1.29, 1.82) is 0 Å². The maximum absolute atomic E-state index is 14.8. The summed E-state index contributed by atoms with van der Waals surface area (Å²) in [5.74, 6) is -0.608. The van der Waals surface area contributed by atoms with E-state index in [2.05, 4.69) is 15.6 Å². The molecular weight excluding hydrogens is 299 g/mol. The second-order valence-electron chi connectivity index (χ2n) is 5.72. The molecule has 0 atom stereocenters. The average Bonchev–Trinajstić information content (AvgIpc) is 2.59. The zero-order valence-corrected chi connectivity index (χ0v) is 13.3. The van der Waals surface area contributed by atoms with Crippen LogP contribution in [0.25, 0.3) is 0 Å². The number of hydrogen-bond acceptors (Lipinski definition) is 3. The number of aromatic nitrogens is 1. The van der Waals surface area contributed by atoms with Crippen LogP contribution in [0.2, 0.25) is 0 Å². The van der Waals surface area contributed by atoms with Crippen LogP contribution in [0.5, 0.6) is 0 Å². The Balaban J connectivity index is 1.81. The molecule has 0 saturated carbocycles. The number of nitrogens with one attached hydrogen (secondary N) is 2. The van der Waals surface area contributed by atoms with Gasteiger partial charge in [0.05, 0.1) is 0 Å². The zero-order valence-electron chi connectivity index (χ0n) is 13.3. The lowest BCUT2D eigenvalue weighted by Crippen LogP contribution is -2.53. The molecule has 3 amide bonds. The van der Waals surface area contributed by atoms with Gasteiger partial charge in [-0.1, -0.05) is 6.92 Å². The van der Waals surface area contributed by atoms with Gasteiger partial charge in [-0.25, -0.2) is 9.18 Å². The van der Waals surface area contributed by atoms with Crippen molar-refractivity contribution < 1.29 is 14.0 Å². The highest BCUT2D eigenvalue weighted by Gasteiger charge is 2.42. The van der Waals surface area contributed by atoms with Crippen LogP contribution in [0.3, 0.4) is 0 Å². The first kappa shape index (κ1) is 17.2. The maximum atomic E-state index is 14.8. The highest BCUT2D eigenvalue weighted by atomic mass is 19.1. The molecule has 1 aromatic heterocycles. The van der Waals surface area contributed by atoms with Gasteiger partial charge < -0.3 is 15.5 Å². The third-order valence-electron chi connectivity index (χ3n) is 3.98. The highest BCUT2D eigenvalue weighted by molar-refractivity contribution is 5.85. The predicted molar refractivity (Wildman–Crippen MR) is 84.4 cm³/mol. The highest BCUT2D eigenvalue weighted by Crippen LogP contribution is 2.27. The van der Waals surface area contributed by atoms with Crippen LogP contribution in [0.15, 0.2) is 24.5 Å². The fraction of sp³-hybridized carbons (Fsp3) is 0.562. The van der Waals surface area contributed by atoms with Gasteiger partial charge in [-0.3, -0.25) is 9.78 Å². The van der Waals surface area contributed by atoms with Gasteiger partial charge in [0.15, 0.2) is 5.67 Å². The molecule has 2 heterocycles. The monoisotopic (exact) mass is 322 g/mol. The lowest BCUT2D eigenvalue weighted by molar-refractivity contribution is -0.135. The molecule has 23 heavy (non-hydrogen) atoms. The lowest BCUT2D eigenvalue weighted by atomic mass is 9.92. The van der Waals surface area contributed by atoms with Crippen LogP contribution in [-0.4, -0.2) is 47.1 Å². The van der Waals surface area contributed by atoms with Crippen LogP contribution in [-0.2, 0) is 11.3 Å². The molecule has 0 unspecified atom stereocenters. The van der Waals surface area contributed by atoms with Gasteiger partial charge in [0, 0.05) is 51.4 Å². The topological polar surface area (TPSA) is 74.3 Å². The summed E-state index contributed by atoms with van der Waals surface area (Å²) in [6.45, 7) is 3.33. The number of piperidine rings is 1. The van der Waals surface area contributed by atoms with Crippen molar-refractivity contribution in [1.82, 2.24) is 20.5 Å². The second-order valence-corrected chi connectivity index (χ2v) is 5.72. The second kappa shape index (κ2) is 7.89. The van der Waals surface area contributed by atoms with E-state index in [1.807, 2.05) is 6.92 Å². The summed E-state index contributed by atoms with van der Waals surface area (Å²) in [6, 6.07) is 3.35. The number of urea groups is 1.